The number of ketones is 1. The van der Waals surface area contributed by atoms with Crippen LogP contribution in [0, 0.1) is 11.8 Å². The molecule has 41 heavy (non-hydrogen) atoms. The van der Waals surface area contributed by atoms with E-state index in [1.807, 2.05) is 0 Å². The molecule has 0 saturated carbocycles. The normalized spacial score (nSPS) is 16.7. The molecule has 0 aromatic heterocycles. The number of esters is 2. The summed E-state index contributed by atoms with van der Waals surface area (Å²) in [6.45, 7) is 8.40. The van der Waals surface area contributed by atoms with Crippen molar-refractivity contribution in [3.8, 4) is 11.5 Å². The van der Waals surface area contributed by atoms with Crippen LogP contribution in [0.1, 0.15) is 64.7 Å². The maximum Gasteiger partial charge on any atom is 0.452 e. The summed E-state index contributed by atoms with van der Waals surface area (Å²) in [4.78, 5) is 75.5. The van der Waals surface area contributed by atoms with E-state index in [9.17, 15) is 41.9 Å². The number of carbonyl (C=O) groups excluding carboxylic acids is 6. The van der Waals surface area contributed by atoms with Crippen LogP contribution in [0.3, 0.4) is 0 Å². The molecule has 1 fully saturated rings. The first kappa shape index (κ1) is 33.2. The van der Waals surface area contributed by atoms with Crippen molar-refractivity contribution in [3.05, 3.63) is 23.8 Å². The number of hydrogen-bond donors (Lipinski definition) is 2. The molecule has 11 nitrogen and oxygen atoms in total. The van der Waals surface area contributed by atoms with Crippen LogP contribution in [0.15, 0.2) is 18.2 Å². The second-order valence-corrected chi connectivity index (χ2v) is 10.3. The van der Waals surface area contributed by atoms with Crippen LogP contribution in [0.5, 0.6) is 11.5 Å². The molecule has 0 radical (unpaired) electrons. The van der Waals surface area contributed by atoms with E-state index in [1.54, 1.807) is 13.8 Å². The van der Waals surface area contributed by atoms with Crippen LogP contribution in [0.4, 0.5) is 13.2 Å². The van der Waals surface area contributed by atoms with Crippen LogP contribution in [-0.4, -0.2) is 71.2 Å². The van der Waals surface area contributed by atoms with Crippen LogP contribution in [0.2, 0.25) is 0 Å². The van der Waals surface area contributed by atoms with E-state index in [2.05, 4.69) is 10.6 Å². The van der Waals surface area contributed by atoms with E-state index in [1.165, 1.54) is 30.9 Å². The van der Waals surface area contributed by atoms with Gasteiger partial charge in [0.15, 0.2) is 11.5 Å². The van der Waals surface area contributed by atoms with Gasteiger partial charge in [0, 0.05) is 26.0 Å². The summed E-state index contributed by atoms with van der Waals surface area (Å²) in [5.74, 6) is -7.40. The molecular weight excluding hydrogens is 551 g/mol. The third kappa shape index (κ3) is 8.76. The average molecular weight is 586 g/mol. The predicted octanol–water partition coefficient (Wildman–Crippen LogP) is 2.55. The first-order chi connectivity index (χ1) is 18.9. The van der Waals surface area contributed by atoms with E-state index in [0.717, 1.165) is 19.9 Å². The second-order valence-electron chi connectivity index (χ2n) is 10.3. The fourth-order valence-electron chi connectivity index (χ4n) is 4.30. The van der Waals surface area contributed by atoms with E-state index >= 15 is 0 Å². The minimum absolute atomic E-state index is 0.0308. The van der Waals surface area contributed by atoms with Crippen molar-refractivity contribution in [3.63, 3.8) is 0 Å². The van der Waals surface area contributed by atoms with E-state index in [4.69, 9.17) is 9.47 Å². The zero-order chi connectivity index (χ0) is 31.2. The Morgan fingerprint density at radius 3 is 1.95 bits per heavy atom. The molecule has 1 aromatic carbocycles. The lowest BCUT2D eigenvalue weighted by Crippen LogP contribution is -2.58. The second kappa shape index (κ2) is 13.6. The predicted molar refractivity (Wildman–Crippen MR) is 138 cm³/mol. The molecule has 1 aromatic rings. The SMILES string of the molecule is CC(=O)Oc1ccc(C(=O)N[C@H](C(=O)N2CCC[C@H]2C(=O)NC(C(=O)C(F)(F)F)C(C)C)C(C)C)cc1OC(C)=O. The molecule has 1 unspecified atom stereocenters. The first-order valence-corrected chi connectivity index (χ1v) is 13.0. The van der Waals surface area contributed by atoms with Gasteiger partial charge in [-0.05, 0) is 42.9 Å². The van der Waals surface area contributed by atoms with E-state index in [-0.39, 0.29) is 30.0 Å². The van der Waals surface area contributed by atoms with Crippen molar-refractivity contribution in [1.82, 2.24) is 15.5 Å². The molecular formula is C27H34F3N3O8. The highest BCUT2D eigenvalue weighted by Crippen LogP contribution is 2.29. The Hall–Kier alpha value is -3.97. The smallest absolute Gasteiger partial charge is 0.423 e. The molecule has 0 aliphatic carbocycles. The maximum absolute atomic E-state index is 13.5. The zero-order valence-electron chi connectivity index (χ0n) is 23.6. The summed E-state index contributed by atoms with van der Waals surface area (Å²) in [5.41, 5.74) is -0.0308. The number of Topliss-reactive ketones (excluding diaryl/α,β-unsaturated/α-hetero) is 1. The molecule has 1 aliphatic heterocycles. The lowest BCUT2D eigenvalue weighted by atomic mass is 9.98. The minimum Gasteiger partial charge on any atom is -0.423 e. The summed E-state index contributed by atoms with van der Waals surface area (Å²) in [7, 11) is 0. The summed E-state index contributed by atoms with van der Waals surface area (Å²) in [6, 6.07) is -0.401. The first-order valence-electron chi connectivity index (χ1n) is 13.0. The standard InChI is InChI=1S/C27H34F3N3O8/c1-13(2)21(23(36)27(28,29)30)31-25(38)18-8-7-11-33(18)26(39)22(14(3)4)32-24(37)17-9-10-19(40-15(5)34)20(12-17)41-16(6)35/h9-10,12-14,18,21-22H,7-8,11H2,1-6H3,(H,31,38)(H,32,37)/t18-,21?,22-/m0/s1. The molecule has 1 saturated heterocycles. The maximum atomic E-state index is 13.5. The Morgan fingerprint density at radius 1 is 0.878 bits per heavy atom. The Balaban J connectivity index is 2.26. The van der Waals surface area contributed by atoms with Crippen molar-refractivity contribution in [2.75, 3.05) is 6.54 Å². The summed E-state index contributed by atoms with van der Waals surface area (Å²) in [5, 5.41) is 4.75. The summed E-state index contributed by atoms with van der Waals surface area (Å²) in [6.07, 6.45) is -4.61. The molecule has 1 heterocycles. The van der Waals surface area contributed by atoms with Crippen LogP contribution in [0.25, 0.3) is 0 Å². The number of nitrogens with one attached hydrogen (secondary N) is 2. The minimum atomic E-state index is -5.15. The number of amides is 3. The van der Waals surface area contributed by atoms with E-state index in [0.29, 0.717) is 6.42 Å². The molecule has 2 rings (SSSR count). The zero-order valence-corrected chi connectivity index (χ0v) is 23.6. The fraction of sp³-hybridized carbons (Fsp3) is 0.556. The van der Waals surface area contributed by atoms with Gasteiger partial charge in [-0.2, -0.15) is 13.2 Å². The molecule has 14 heteroatoms. The fourth-order valence-corrected chi connectivity index (χ4v) is 4.30. The Morgan fingerprint density at radius 2 is 1.44 bits per heavy atom. The highest BCUT2D eigenvalue weighted by atomic mass is 19.4. The largest absolute Gasteiger partial charge is 0.452 e. The number of benzene rings is 1. The summed E-state index contributed by atoms with van der Waals surface area (Å²) >= 11 is 0. The van der Waals surface area contributed by atoms with E-state index < -0.39 is 71.6 Å². The quantitative estimate of drug-likeness (QED) is 0.315. The third-order valence-electron chi connectivity index (χ3n) is 6.30. The van der Waals surface area contributed by atoms with Gasteiger partial charge in [-0.3, -0.25) is 28.8 Å². The molecule has 0 spiro atoms. The van der Waals surface area contributed by atoms with Gasteiger partial charge in [0.25, 0.3) is 11.7 Å². The summed E-state index contributed by atoms with van der Waals surface area (Å²) < 4.78 is 49.2. The van der Waals surface area contributed by atoms with Gasteiger partial charge in [-0.25, -0.2) is 0 Å². The number of likely N-dealkylation sites (tertiary alicyclic amines) is 1. The number of nitrogens with zero attached hydrogens (tertiary/aromatic N) is 1. The van der Waals surface area contributed by atoms with Gasteiger partial charge in [0.1, 0.15) is 12.1 Å². The van der Waals surface area contributed by atoms with Gasteiger partial charge in [0.05, 0.1) is 6.04 Å². The molecule has 0 bridgehead atoms. The monoisotopic (exact) mass is 585 g/mol. The van der Waals surface area contributed by atoms with Gasteiger partial charge in [-0.1, -0.05) is 27.7 Å². The number of ether oxygens (including phenoxy) is 2. The van der Waals surface area contributed by atoms with Gasteiger partial charge in [0.2, 0.25) is 11.8 Å². The molecule has 1 aliphatic rings. The average Bonchev–Trinajstić information content (AvgIpc) is 3.34. The highest BCUT2D eigenvalue weighted by molar-refractivity contribution is 6.00. The number of rotatable bonds is 10. The van der Waals surface area contributed by atoms with Crippen molar-refractivity contribution in [1.29, 1.82) is 0 Å². The van der Waals surface area contributed by atoms with Crippen molar-refractivity contribution >= 4 is 35.4 Å². The van der Waals surface area contributed by atoms with Crippen molar-refractivity contribution < 1.29 is 51.4 Å². The van der Waals surface area contributed by atoms with Crippen LogP contribution >= 0.6 is 0 Å². The van der Waals surface area contributed by atoms with Crippen molar-refractivity contribution in [2.24, 2.45) is 11.8 Å². The third-order valence-corrected chi connectivity index (χ3v) is 6.30. The highest BCUT2D eigenvalue weighted by Gasteiger charge is 2.46. The molecule has 3 atom stereocenters. The van der Waals surface area contributed by atoms with Gasteiger partial charge >= 0.3 is 18.1 Å². The Bertz CT molecular complexity index is 1200. The van der Waals surface area contributed by atoms with Crippen LogP contribution < -0.4 is 20.1 Å². The number of hydrogen-bond acceptors (Lipinski definition) is 8. The Labute approximate surface area is 235 Å². The lowest BCUT2D eigenvalue weighted by molar-refractivity contribution is -0.175. The molecule has 3 amide bonds. The molecule has 2 N–H and O–H groups in total. The van der Waals surface area contributed by atoms with Crippen LogP contribution in [-0.2, 0) is 24.0 Å². The van der Waals surface area contributed by atoms with Gasteiger partial charge < -0.3 is 25.0 Å². The topological polar surface area (TPSA) is 148 Å². The lowest BCUT2D eigenvalue weighted by Gasteiger charge is -2.32. The molecule has 226 valence electrons. The number of alkyl halides is 3. The number of carbonyl (C=O) groups is 6. The van der Waals surface area contributed by atoms with Crippen molar-refractivity contribution in [2.45, 2.75) is 78.7 Å². The number of halogens is 3. The van der Waals surface area contributed by atoms with Gasteiger partial charge in [-0.15, -0.1) is 0 Å². The Kier molecular flexibility index (Phi) is 11.0.